The van der Waals surface area contributed by atoms with E-state index in [9.17, 15) is 22.4 Å². The minimum atomic E-state index is -4.24. The first-order valence-electron chi connectivity index (χ1n) is 12.2. The first-order valence-corrected chi connectivity index (χ1v) is 13.6. The van der Waals surface area contributed by atoms with Gasteiger partial charge in [-0.3, -0.25) is 13.9 Å². The smallest absolute Gasteiger partial charge is 0.264 e. The summed E-state index contributed by atoms with van der Waals surface area (Å²) in [6.45, 7) is 3.48. The van der Waals surface area contributed by atoms with Gasteiger partial charge in [0.1, 0.15) is 24.2 Å². The number of hydrogen-bond acceptors (Lipinski definition) is 5. The molecule has 0 radical (unpaired) electrons. The number of carbonyl (C=O) groups is 2. The standard InChI is InChI=1S/C28H32FN3O5S/c1-4-18-30-28(34)21(2)31(19-22-10-14-25(37-3)15-11-22)27(33)20-32(24-8-6-5-7-9-24)38(35,36)26-16-12-23(29)13-17-26/h5-17,21H,4,18-20H2,1-3H3,(H,30,34). The number of halogens is 1. The summed E-state index contributed by atoms with van der Waals surface area (Å²) in [7, 11) is -2.69. The van der Waals surface area contributed by atoms with E-state index in [1.807, 2.05) is 6.92 Å². The SMILES string of the molecule is CCCNC(=O)C(C)N(Cc1ccc(OC)cc1)C(=O)CN(c1ccccc1)S(=O)(=O)c1ccc(F)cc1. The lowest BCUT2D eigenvalue weighted by molar-refractivity contribution is -0.139. The minimum Gasteiger partial charge on any atom is -0.497 e. The van der Waals surface area contributed by atoms with Crippen molar-refractivity contribution in [2.24, 2.45) is 0 Å². The highest BCUT2D eigenvalue weighted by Gasteiger charge is 2.32. The summed E-state index contributed by atoms with van der Waals surface area (Å²) in [4.78, 5) is 27.8. The molecule has 202 valence electrons. The van der Waals surface area contributed by atoms with Gasteiger partial charge in [0, 0.05) is 13.1 Å². The molecule has 0 spiro atoms. The molecule has 3 aromatic rings. The van der Waals surface area contributed by atoms with Gasteiger partial charge in [-0.1, -0.05) is 37.3 Å². The fourth-order valence-corrected chi connectivity index (χ4v) is 5.18. The highest BCUT2D eigenvalue weighted by Crippen LogP contribution is 2.25. The number of nitrogens with zero attached hydrogens (tertiary/aromatic N) is 2. The lowest BCUT2D eigenvalue weighted by atomic mass is 10.1. The molecule has 0 aliphatic heterocycles. The van der Waals surface area contributed by atoms with Crippen LogP contribution in [-0.4, -0.2) is 51.4 Å². The molecule has 0 aliphatic rings. The van der Waals surface area contributed by atoms with Gasteiger partial charge in [0.15, 0.2) is 0 Å². The van der Waals surface area contributed by atoms with Crippen molar-refractivity contribution >= 4 is 27.5 Å². The summed E-state index contributed by atoms with van der Waals surface area (Å²) in [6, 6.07) is 18.8. The number of methoxy groups -OCH3 is 1. The third-order valence-electron chi connectivity index (χ3n) is 5.95. The maximum absolute atomic E-state index is 13.8. The Morgan fingerprint density at radius 2 is 1.61 bits per heavy atom. The van der Waals surface area contributed by atoms with E-state index in [4.69, 9.17) is 4.74 Å². The number of nitrogens with one attached hydrogen (secondary N) is 1. The maximum atomic E-state index is 13.8. The monoisotopic (exact) mass is 541 g/mol. The van der Waals surface area contributed by atoms with Crippen LogP contribution in [0.5, 0.6) is 5.75 Å². The number of hydrogen-bond donors (Lipinski definition) is 1. The molecule has 0 aromatic heterocycles. The van der Waals surface area contributed by atoms with Gasteiger partial charge in [0.25, 0.3) is 10.0 Å². The van der Waals surface area contributed by atoms with Gasteiger partial charge in [-0.25, -0.2) is 12.8 Å². The van der Waals surface area contributed by atoms with Crippen molar-refractivity contribution in [1.82, 2.24) is 10.2 Å². The number of anilines is 1. The van der Waals surface area contributed by atoms with Crippen molar-refractivity contribution < 1.29 is 27.1 Å². The van der Waals surface area contributed by atoms with Crippen molar-refractivity contribution in [2.75, 3.05) is 24.5 Å². The largest absolute Gasteiger partial charge is 0.497 e. The second-order valence-electron chi connectivity index (χ2n) is 8.64. The van der Waals surface area contributed by atoms with Gasteiger partial charge in [-0.05, 0) is 67.4 Å². The second kappa shape index (κ2) is 13.0. The minimum absolute atomic E-state index is 0.0722. The maximum Gasteiger partial charge on any atom is 0.264 e. The number of ether oxygens (including phenoxy) is 1. The van der Waals surface area contributed by atoms with Crippen LogP contribution in [0.4, 0.5) is 10.1 Å². The normalized spacial score (nSPS) is 11.9. The Balaban J connectivity index is 1.98. The Morgan fingerprint density at radius 3 is 2.18 bits per heavy atom. The van der Waals surface area contributed by atoms with Crippen LogP contribution in [0.2, 0.25) is 0 Å². The van der Waals surface area contributed by atoms with Gasteiger partial charge < -0.3 is 15.0 Å². The molecule has 8 nitrogen and oxygen atoms in total. The van der Waals surface area contributed by atoms with Crippen molar-refractivity contribution in [1.29, 1.82) is 0 Å². The molecule has 3 aromatic carbocycles. The van der Waals surface area contributed by atoms with E-state index in [0.717, 1.165) is 40.6 Å². The first-order chi connectivity index (χ1) is 18.2. The van der Waals surface area contributed by atoms with Gasteiger partial charge in [-0.2, -0.15) is 0 Å². The number of para-hydroxylation sites is 1. The lowest BCUT2D eigenvalue weighted by Crippen LogP contribution is -2.51. The number of rotatable bonds is 12. The molecular formula is C28H32FN3O5S. The molecule has 1 unspecified atom stereocenters. The number of sulfonamides is 1. The Labute approximate surface area is 223 Å². The fourth-order valence-electron chi connectivity index (χ4n) is 3.76. The quantitative estimate of drug-likeness (QED) is 0.374. The van der Waals surface area contributed by atoms with Crippen LogP contribution in [0, 0.1) is 5.82 Å². The van der Waals surface area contributed by atoms with Crippen LogP contribution in [0.1, 0.15) is 25.8 Å². The van der Waals surface area contributed by atoms with Crippen LogP contribution in [0.25, 0.3) is 0 Å². The predicted octanol–water partition coefficient (Wildman–Crippen LogP) is 3.97. The number of benzene rings is 3. The molecule has 0 aliphatic carbocycles. The van der Waals surface area contributed by atoms with Crippen LogP contribution in [0.15, 0.2) is 83.8 Å². The van der Waals surface area contributed by atoms with E-state index in [1.54, 1.807) is 68.6 Å². The molecular weight excluding hydrogens is 509 g/mol. The molecule has 2 amide bonds. The summed E-state index contributed by atoms with van der Waals surface area (Å²) in [5, 5.41) is 2.80. The predicted molar refractivity (Wildman–Crippen MR) is 144 cm³/mol. The summed E-state index contributed by atoms with van der Waals surface area (Å²) in [6.07, 6.45) is 0.725. The Morgan fingerprint density at radius 1 is 0.974 bits per heavy atom. The zero-order valence-electron chi connectivity index (χ0n) is 21.6. The van der Waals surface area contributed by atoms with E-state index in [-0.39, 0.29) is 23.0 Å². The zero-order chi connectivity index (χ0) is 27.7. The van der Waals surface area contributed by atoms with Crippen LogP contribution >= 0.6 is 0 Å². The summed E-state index contributed by atoms with van der Waals surface area (Å²) < 4.78 is 46.9. The molecule has 3 rings (SSSR count). The second-order valence-corrected chi connectivity index (χ2v) is 10.5. The first kappa shape index (κ1) is 28.6. The number of amides is 2. The van der Waals surface area contributed by atoms with Crippen molar-refractivity contribution in [2.45, 2.75) is 37.8 Å². The van der Waals surface area contributed by atoms with Gasteiger partial charge in [0.05, 0.1) is 17.7 Å². The Hall–Kier alpha value is -3.92. The van der Waals surface area contributed by atoms with Crippen molar-refractivity contribution in [3.05, 3.63) is 90.2 Å². The molecule has 0 heterocycles. The Kier molecular flexibility index (Phi) is 9.84. The molecule has 0 saturated heterocycles. The average molecular weight is 542 g/mol. The molecule has 1 atom stereocenters. The third-order valence-corrected chi connectivity index (χ3v) is 7.74. The molecule has 0 bridgehead atoms. The lowest BCUT2D eigenvalue weighted by Gasteiger charge is -2.32. The van der Waals surface area contributed by atoms with Crippen molar-refractivity contribution in [3.63, 3.8) is 0 Å². The third kappa shape index (κ3) is 7.10. The van der Waals surface area contributed by atoms with E-state index >= 15 is 0 Å². The summed E-state index contributed by atoms with van der Waals surface area (Å²) >= 11 is 0. The van der Waals surface area contributed by atoms with Crippen LogP contribution in [-0.2, 0) is 26.2 Å². The summed E-state index contributed by atoms with van der Waals surface area (Å²) in [5.74, 6) is -0.860. The molecule has 0 fully saturated rings. The fraction of sp³-hybridized carbons (Fsp3) is 0.286. The molecule has 10 heteroatoms. The van der Waals surface area contributed by atoms with E-state index in [1.165, 1.54) is 4.90 Å². The van der Waals surface area contributed by atoms with Crippen LogP contribution < -0.4 is 14.4 Å². The van der Waals surface area contributed by atoms with Gasteiger partial charge in [0.2, 0.25) is 11.8 Å². The van der Waals surface area contributed by atoms with Gasteiger partial charge in [-0.15, -0.1) is 0 Å². The van der Waals surface area contributed by atoms with E-state index in [2.05, 4.69) is 5.32 Å². The van der Waals surface area contributed by atoms with E-state index in [0.29, 0.717) is 12.3 Å². The highest BCUT2D eigenvalue weighted by atomic mass is 32.2. The van der Waals surface area contributed by atoms with Gasteiger partial charge >= 0.3 is 0 Å². The Bertz CT molecular complexity index is 1320. The number of carbonyl (C=O) groups excluding carboxylic acids is 2. The average Bonchev–Trinajstić information content (AvgIpc) is 2.93. The highest BCUT2D eigenvalue weighted by molar-refractivity contribution is 7.92. The van der Waals surface area contributed by atoms with Crippen LogP contribution in [0.3, 0.4) is 0 Å². The van der Waals surface area contributed by atoms with E-state index < -0.39 is 34.3 Å². The zero-order valence-corrected chi connectivity index (χ0v) is 22.4. The van der Waals surface area contributed by atoms with Crippen molar-refractivity contribution in [3.8, 4) is 5.75 Å². The molecule has 38 heavy (non-hydrogen) atoms. The summed E-state index contributed by atoms with van der Waals surface area (Å²) in [5.41, 5.74) is 1.000. The topological polar surface area (TPSA) is 96.0 Å². The molecule has 0 saturated carbocycles. The molecule has 1 N–H and O–H groups in total.